The Morgan fingerprint density at radius 2 is 2.37 bits per heavy atom. The number of hydrogen-bond acceptors (Lipinski definition) is 4. The maximum Gasteiger partial charge on any atom is 0.305 e. The molecule has 2 rings (SSSR count). The van der Waals surface area contributed by atoms with Crippen LogP contribution in [0.1, 0.15) is 36.2 Å². The Balaban J connectivity index is 2.40. The molecule has 1 N–H and O–H groups in total. The molecule has 19 heavy (non-hydrogen) atoms. The van der Waals surface area contributed by atoms with Crippen LogP contribution in [0.2, 0.25) is 0 Å². The monoisotopic (exact) mass is 259 g/mol. The van der Waals surface area contributed by atoms with Gasteiger partial charge in [-0.15, -0.1) is 0 Å². The molecule has 1 aliphatic heterocycles. The van der Waals surface area contributed by atoms with Gasteiger partial charge in [-0.25, -0.2) is 0 Å². The van der Waals surface area contributed by atoms with E-state index in [9.17, 15) is 10.1 Å². The second-order valence-electron chi connectivity index (χ2n) is 4.94. The number of carbonyl (C=O) groups is 1. The van der Waals surface area contributed by atoms with Gasteiger partial charge in [0.1, 0.15) is 6.07 Å². The average molecular weight is 259 g/mol. The highest BCUT2D eigenvalue weighted by atomic mass is 16.4. The van der Waals surface area contributed by atoms with E-state index in [1.165, 1.54) is 0 Å². The molecule has 1 aromatic rings. The molecule has 0 saturated carbocycles. The maximum absolute atomic E-state index is 10.9. The predicted molar refractivity (Wildman–Crippen MR) is 71.0 cm³/mol. The molecule has 0 aromatic carbocycles. The van der Waals surface area contributed by atoms with Gasteiger partial charge in [-0.05, 0) is 32.8 Å². The number of aliphatic carboxylic acids is 1. The van der Waals surface area contributed by atoms with Gasteiger partial charge in [-0.3, -0.25) is 9.78 Å². The summed E-state index contributed by atoms with van der Waals surface area (Å²) in [5, 5.41) is 18.3. The molecule has 1 aromatic heterocycles. The fourth-order valence-corrected chi connectivity index (χ4v) is 2.74. The molecule has 0 radical (unpaired) electrons. The van der Waals surface area contributed by atoms with Gasteiger partial charge in [-0.2, -0.15) is 5.26 Å². The number of aryl methyl sites for hydroxylation is 2. The SMILES string of the molecule is Cc1cc(N2CCCC2CC(=O)O)c(C#N)c(C)n1. The molecular weight excluding hydrogens is 242 g/mol. The lowest BCUT2D eigenvalue weighted by molar-refractivity contribution is -0.137. The van der Waals surface area contributed by atoms with Crippen LogP contribution < -0.4 is 4.90 Å². The molecular formula is C14H17N3O2. The van der Waals surface area contributed by atoms with Crippen molar-refractivity contribution in [3.05, 3.63) is 23.0 Å². The van der Waals surface area contributed by atoms with E-state index in [0.29, 0.717) is 11.3 Å². The fourth-order valence-electron chi connectivity index (χ4n) is 2.74. The standard InChI is InChI=1S/C14H17N3O2/c1-9-6-13(12(8-15)10(2)16-9)17-5-3-4-11(17)7-14(18)19/h6,11H,3-5,7H2,1-2H3,(H,18,19). The largest absolute Gasteiger partial charge is 0.481 e. The Bertz CT molecular complexity index is 548. The van der Waals surface area contributed by atoms with Gasteiger partial charge in [-0.1, -0.05) is 0 Å². The number of nitriles is 1. The molecule has 1 fully saturated rings. The van der Waals surface area contributed by atoms with E-state index >= 15 is 0 Å². The van der Waals surface area contributed by atoms with Crippen molar-refractivity contribution < 1.29 is 9.90 Å². The first-order valence-electron chi connectivity index (χ1n) is 6.39. The minimum absolute atomic E-state index is 0.0224. The summed E-state index contributed by atoms with van der Waals surface area (Å²) >= 11 is 0. The summed E-state index contributed by atoms with van der Waals surface area (Å²) in [5.74, 6) is -0.794. The maximum atomic E-state index is 10.9. The van der Waals surface area contributed by atoms with E-state index < -0.39 is 5.97 Å². The Labute approximate surface area is 112 Å². The van der Waals surface area contributed by atoms with Gasteiger partial charge in [0.25, 0.3) is 0 Å². The highest BCUT2D eigenvalue weighted by Crippen LogP contribution is 2.31. The number of carboxylic acids is 1. The molecule has 0 aliphatic carbocycles. The predicted octanol–water partition coefficient (Wildman–Crippen LogP) is 2.01. The quantitative estimate of drug-likeness (QED) is 0.898. The van der Waals surface area contributed by atoms with Gasteiger partial charge in [0, 0.05) is 18.3 Å². The Morgan fingerprint density at radius 3 is 3.00 bits per heavy atom. The number of rotatable bonds is 3. The lowest BCUT2D eigenvalue weighted by atomic mass is 10.1. The van der Waals surface area contributed by atoms with E-state index in [1.807, 2.05) is 24.8 Å². The Kier molecular flexibility index (Phi) is 3.70. The van der Waals surface area contributed by atoms with Crippen molar-refractivity contribution in [2.24, 2.45) is 0 Å². The smallest absolute Gasteiger partial charge is 0.305 e. The first-order valence-corrected chi connectivity index (χ1v) is 6.39. The number of pyridine rings is 1. The van der Waals surface area contributed by atoms with Crippen LogP contribution in [-0.4, -0.2) is 28.6 Å². The molecule has 1 aliphatic rings. The van der Waals surface area contributed by atoms with Gasteiger partial charge < -0.3 is 10.0 Å². The fraction of sp³-hybridized carbons (Fsp3) is 0.500. The topological polar surface area (TPSA) is 77.2 Å². The third-order valence-corrected chi connectivity index (χ3v) is 3.52. The van der Waals surface area contributed by atoms with Crippen molar-refractivity contribution in [2.45, 2.75) is 39.2 Å². The summed E-state index contributed by atoms with van der Waals surface area (Å²) < 4.78 is 0. The summed E-state index contributed by atoms with van der Waals surface area (Å²) in [5.41, 5.74) is 2.95. The zero-order chi connectivity index (χ0) is 14.0. The highest BCUT2D eigenvalue weighted by Gasteiger charge is 2.29. The minimum Gasteiger partial charge on any atom is -0.481 e. The third-order valence-electron chi connectivity index (χ3n) is 3.52. The number of aromatic nitrogens is 1. The van der Waals surface area contributed by atoms with Crippen LogP contribution in [0.25, 0.3) is 0 Å². The summed E-state index contributed by atoms with van der Waals surface area (Å²) in [6.07, 6.45) is 1.94. The van der Waals surface area contributed by atoms with Crippen LogP contribution in [0.15, 0.2) is 6.07 Å². The first kappa shape index (κ1) is 13.3. The Morgan fingerprint density at radius 1 is 1.63 bits per heavy atom. The van der Waals surface area contributed by atoms with Crippen LogP contribution in [0.5, 0.6) is 0 Å². The average Bonchev–Trinajstić information content (AvgIpc) is 2.75. The van der Waals surface area contributed by atoms with Gasteiger partial charge >= 0.3 is 5.97 Å². The van der Waals surface area contributed by atoms with Crippen molar-refractivity contribution in [3.8, 4) is 6.07 Å². The van der Waals surface area contributed by atoms with E-state index in [1.54, 1.807) is 0 Å². The minimum atomic E-state index is -0.794. The van der Waals surface area contributed by atoms with Crippen molar-refractivity contribution >= 4 is 11.7 Å². The highest BCUT2D eigenvalue weighted by molar-refractivity contribution is 5.70. The lowest BCUT2D eigenvalue weighted by Gasteiger charge is -2.27. The van der Waals surface area contributed by atoms with Crippen molar-refractivity contribution in [1.82, 2.24) is 4.98 Å². The third kappa shape index (κ3) is 2.68. The molecule has 1 saturated heterocycles. The molecule has 0 bridgehead atoms. The summed E-state index contributed by atoms with van der Waals surface area (Å²) in [6, 6.07) is 4.05. The van der Waals surface area contributed by atoms with Crippen LogP contribution in [0.3, 0.4) is 0 Å². The number of carboxylic acid groups (broad SMARTS) is 1. The van der Waals surface area contributed by atoms with Crippen LogP contribution in [-0.2, 0) is 4.79 Å². The van der Waals surface area contributed by atoms with Gasteiger partial charge in [0.15, 0.2) is 0 Å². The first-order chi connectivity index (χ1) is 9.02. The summed E-state index contributed by atoms with van der Waals surface area (Å²) in [6.45, 7) is 4.51. The van der Waals surface area contributed by atoms with Crippen LogP contribution >= 0.6 is 0 Å². The number of hydrogen-bond donors (Lipinski definition) is 1. The lowest BCUT2D eigenvalue weighted by Crippen LogP contribution is -2.32. The van der Waals surface area contributed by atoms with Crippen molar-refractivity contribution in [1.29, 1.82) is 5.26 Å². The van der Waals surface area contributed by atoms with Crippen LogP contribution in [0.4, 0.5) is 5.69 Å². The van der Waals surface area contributed by atoms with Crippen LogP contribution in [0, 0.1) is 25.2 Å². The van der Waals surface area contributed by atoms with E-state index in [2.05, 4.69) is 11.1 Å². The molecule has 5 heteroatoms. The number of anilines is 1. The molecule has 5 nitrogen and oxygen atoms in total. The molecule has 0 amide bonds. The number of nitrogens with zero attached hydrogens (tertiary/aromatic N) is 3. The zero-order valence-electron chi connectivity index (χ0n) is 11.2. The molecule has 0 spiro atoms. The van der Waals surface area contributed by atoms with Crippen molar-refractivity contribution in [3.63, 3.8) is 0 Å². The summed E-state index contributed by atoms with van der Waals surface area (Å²) in [4.78, 5) is 17.3. The zero-order valence-corrected chi connectivity index (χ0v) is 11.2. The second kappa shape index (κ2) is 5.27. The van der Waals surface area contributed by atoms with E-state index in [0.717, 1.165) is 30.8 Å². The molecule has 1 unspecified atom stereocenters. The Hall–Kier alpha value is -2.09. The van der Waals surface area contributed by atoms with Gasteiger partial charge in [0.2, 0.25) is 0 Å². The molecule has 100 valence electrons. The normalized spacial score (nSPS) is 18.4. The second-order valence-corrected chi connectivity index (χ2v) is 4.94. The summed E-state index contributed by atoms with van der Waals surface area (Å²) in [7, 11) is 0. The van der Waals surface area contributed by atoms with E-state index in [4.69, 9.17) is 5.11 Å². The van der Waals surface area contributed by atoms with Gasteiger partial charge in [0.05, 0.1) is 23.4 Å². The molecule has 1 atom stereocenters. The van der Waals surface area contributed by atoms with E-state index in [-0.39, 0.29) is 12.5 Å². The van der Waals surface area contributed by atoms with Crippen molar-refractivity contribution in [2.75, 3.05) is 11.4 Å². The molecule has 2 heterocycles.